The highest BCUT2D eigenvalue weighted by atomic mass is 32.2. The third-order valence-corrected chi connectivity index (χ3v) is 3.63. The van der Waals surface area contributed by atoms with Crippen LogP contribution in [0.4, 0.5) is 0 Å². The van der Waals surface area contributed by atoms with Gasteiger partial charge in [-0.1, -0.05) is 26.8 Å². The monoisotopic (exact) mass is 224 g/mol. The van der Waals surface area contributed by atoms with Crippen molar-refractivity contribution in [1.82, 2.24) is 10.3 Å². The van der Waals surface area contributed by atoms with Crippen LogP contribution in [-0.2, 0) is 6.54 Å². The Bertz CT molecular complexity index is 289. The minimum absolute atomic E-state index is 0.639. The number of hydrogen-bond donors (Lipinski definition) is 1. The lowest BCUT2D eigenvalue weighted by molar-refractivity contribution is 0.710. The molecule has 0 aliphatic rings. The number of pyridine rings is 1. The standard InChI is InChI=1S/C12H20N2S/c1-4-10(3)15-12-11(9-13-5-2)7-6-8-14-12/h6-8,10,13H,4-5,9H2,1-3H3. The lowest BCUT2D eigenvalue weighted by Gasteiger charge is -2.11. The van der Waals surface area contributed by atoms with Crippen LogP contribution in [0.1, 0.15) is 32.8 Å². The number of rotatable bonds is 6. The van der Waals surface area contributed by atoms with Crippen molar-refractivity contribution >= 4 is 11.8 Å². The zero-order valence-electron chi connectivity index (χ0n) is 9.79. The van der Waals surface area contributed by atoms with Crippen molar-refractivity contribution in [3.63, 3.8) is 0 Å². The molecular weight excluding hydrogens is 204 g/mol. The molecule has 1 unspecified atom stereocenters. The number of aromatic nitrogens is 1. The summed E-state index contributed by atoms with van der Waals surface area (Å²) in [5.41, 5.74) is 1.31. The summed E-state index contributed by atoms with van der Waals surface area (Å²) in [5.74, 6) is 0. The second kappa shape index (κ2) is 6.85. The molecule has 15 heavy (non-hydrogen) atoms. The van der Waals surface area contributed by atoms with E-state index in [-0.39, 0.29) is 0 Å². The molecule has 0 saturated heterocycles. The summed E-state index contributed by atoms with van der Waals surface area (Å²) in [6.07, 6.45) is 3.06. The van der Waals surface area contributed by atoms with E-state index in [9.17, 15) is 0 Å². The minimum Gasteiger partial charge on any atom is -0.313 e. The Labute approximate surface area is 96.9 Å². The molecule has 3 heteroatoms. The fourth-order valence-corrected chi connectivity index (χ4v) is 2.16. The van der Waals surface area contributed by atoms with Gasteiger partial charge in [-0.2, -0.15) is 0 Å². The van der Waals surface area contributed by atoms with E-state index in [0.29, 0.717) is 5.25 Å². The lowest BCUT2D eigenvalue weighted by atomic mass is 10.3. The van der Waals surface area contributed by atoms with E-state index in [1.165, 1.54) is 17.0 Å². The molecule has 1 aromatic rings. The SMILES string of the molecule is CCNCc1cccnc1SC(C)CC. The molecule has 0 spiro atoms. The summed E-state index contributed by atoms with van der Waals surface area (Å²) in [6, 6.07) is 4.16. The van der Waals surface area contributed by atoms with Crippen molar-refractivity contribution in [2.24, 2.45) is 0 Å². The van der Waals surface area contributed by atoms with Gasteiger partial charge in [-0.25, -0.2) is 4.98 Å². The Morgan fingerprint density at radius 2 is 2.27 bits per heavy atom. The highest BCUT2D eigenvalue weighted by Gasteiger charge is 2.07. The number of thioether (sulfide) groups is 1. The number of hydrogen-bond acceptors (Lipinski definition) is 3. The maximum Gasteiger partial charge on any atom is 0.101 e. The van der Waals surface area contributed by atoms with Crippen LogP contribution in [0.3, 0.4) is 0 Å². The number of nitrogens with one attached hydrogen (secondary N) is 1. The smallest absolute Gasteiger partial charge is 0.101 e. The van der Waals surface area contributed by atoms with Gasteiger partial charge in [0, 0.05) is 18.0 Å². The van der Waals surface area contributed by atoms with Gasteiger partial charge in [0.2, 0.25) is 0 Å². The summed E-state index contributed by atoms with van der Waals surface area (Å²) in [4.78, 5) is 4.44. The summed E-state index contributed by atoms with van der Waals surface area (Å²) in [6.45, 7) is 8.50. The van der Waals surface area contributed by atoms with Gasteiger partial charge in [-0.3, -0.25) is 0 Å². The maximum absolute atomic E-state index is 4.44. The summed E-state index contributed by atoms with van der Waals surface area (Å²) in [7, 11) is 0. The average Bonchev–Trinajstić information content (AvgIpc) is 2.28. The van der Waals surface area contributed by atoms with Gasteiger partial charge in [0.1, 0.15) is 5.03 Å². The number of nitrogens with zero attached hydrogens (tertiary/aromatic N) is 1. The first-order chi connectivity index (χ1) is 7.27. The van der Waals surface area contributed by atoms with E-state index in [1.807, 2.05) is 24.0 Å². The lowest BCUT2D eigenvalue weighted by Crippen LogP contribution is -2.13. The van der Waals surface area contributed by atoms with Crippen LogP contribution in [0.5, 0.6) is 0 Å². The fraction of sp³-hybridized carbons (Fsp3) is 0.583. The zero-order valence-corrected chi connectivity index (χ0v) is 10.6. The molecule has 84 valence electrons. The molecule has 0 amide bonds. The molecule has 0 aliphatic carbocycles. The Hall–Kier alpha value is -0.540. The second-order valence-electron chi connectivity index (χ2n) is 3.58. The summed E-state index contributed by atoms with van der Waals surface area (Å²) in [5, 5.41) is 5.16. The molecule has 0 aromatic carbocycles. The van der Waals surface area contributed by atoms with Crippen molar-refractivity contribution < 1.29 is 0 Å². The van der Waals surface area contributed by atoms with Gasteiger partial charge in [0.25, 0.3) is 0 Å². The van der Waals surface area contributed by atoms with Crippen LogP contribution in [0.2, 0.25) is 0 Å². The van der Waals surface area contributed by atoms with E-state index in [4.69, 9.17) is 0 Å². The molecule has 0 bridgehead atoms. The quantitative estimate of drug-likeness (QED) is 0.752. The maximum atomic E-state index is 4.44. The first-order valence-corrected chi connectivity index (χ1v) is 6.47. The Morgan fingerprint density at radius 1 is 1.47 bits per heavy atom. The van der Waals surface area contributed by atoms with Gasteiger partial charge < -0.3 is 5.32 Å². The van der Waals surface area contributed by atoms with Crippen molar-refractivity contribution in [3.05, 3.63) is 23.9 Å². The van der Waals surface area contributed by atoms with Crippen LogP contribution in [-0.4, -0.2) is 16.8 Å². The molecule has 1 atom stereocenters. The van der Waals surface area contributed by atoms with Crippen LogP contribution in [0.25, 0.3) is 0 Å². The molecule has 0 fully saturated rings. The molecule has 1 N–H and O–H groups in total. The van der Waals surface area contributed by atoms with E-state index in [0.717, 1.165) is 13.1 Å². The minimum atomic E-state index is 0.639. The molecule has 1 aromatic heterocycles. The second-order valence-corrected chi connectivity index (χ2v) is 5.01. The van der Waals surface area contributed by atoms with Crippen LogP contribution in [0, 0.1) is 0 Å². The predicted molar refractivity (Wildman–Crippen MR) is 67.2 cm³/mol. The topological polar surface area (TPSA) is 24.9 Å². The van der Waals surface area contributed by atoms with Crippen LogP contribution < -0.4 is 5.32 Å². The van der Waals surface area contributed by atoms with Gasteiger partial charge in [0.05, 0.1) is 0 Å². The molecule has 0 saturated carbocycles. The molecule has 2 nitrogen and oxygen atoms in total. The molecule has 1 heterocycles. The van der Waals surface area contributed by atoms with Crippen molar-refractivity contribution in [1.29, 1.82) is 0 Å². The van der Waals surface area contributed by atoms with Gasteiger partial charge >= 0.3 is 0 Å². The Kier molecular flexibility index (Phi) is 5.73. The fourth-order valence-electron chi connectivity index (χ4n) is 1.20. The van der Waals surface area contributed by atoms with E-state index in [2.05, 4.69) is 37.1 Å². The van der Waals surface area contributed by atoms with Crippen molar-refractivity contribution in [2.75, 3.05) is 6.54 Å². The highest BCUT2D eigenvalue weighted by molar-refractivity contribution is 7.99. The van der Waals surface area contributed by atoms with Gasteiger partial charge in [-0.15, -0.1) is 11.8 Å². The molecule has 1 rings (SSSR count). The van der Waals surface area contributed by atoms with Crippen molar-refractivity contribution in [3.8, 4) is 0 Å². The van der Waals surface area contributed by atoms with E-state index < -0.39 is 0 Å². The summed E-state index contributed by atoms with van der Waals surface area (Å²) < 4.78 is 0. The van der Waals surface area contributed by atoms with Gasteiger partial charge in [0.15, 0.2) is 0 Å². The Balaban J connectivity index is 2.67. The third-order valence-electron chi connectivity index (χ3n) is 2.30. The largest absolute Gasteiger partial charge is 0.313 e. The molecular formula is C12H20N2S. The molecule has 0 radical (unpaired) electrons. The first kappa shape index (κ1) is 12.5. The van der Waals surface area contributed by atoms with Crippen LogP contribution >= 0.6 is 11.8 Å². The van der Waals surface area contributed by atoms with E-state index >= 15 is 0 Å². The predicted octanol–water partition coefficient (Wildman–Crippen LogP) is 3.08. The van der Waals surface area contributed by atoms with E-state index in [1.54, 1.807) is 0 Å². The third kappa shape index (κ3) is 4.22. The molecule has 0 aliphatic heterocycles. The highest BCUT2D eigenvalue weighted by Crippen LogP contribution is 2.25. The van der Waals surface area contributed by atoms with Crippen molar-refractivity contribution in [2.45, 2.75) is 44.0 Å². The van der Waals surface area contributed by atoms with Crippen LogP contribution in [0.15, 0.2) is 23.4 Å². The van der Waals surface area contributed by atoms with Gasteiger partial charge in [-0.05, 0) is 24.6 Å². The normalized spacial score (nSPS) is 12.7. The Morgan fingerprint density at radius 3 is 2.93 bits per heavy atom. The average molecular weight is 224 g/mol. The zero-order chi connectivity index (χ0) is 11.1. The first-order valence-electron chi connectivity index (χ1n) is 5.59. The summed E-state index contributed by atoms with van der Waals surface area (Å²) >= 11 is 1.87.